The highest BCUT2D eigenvalue weighted by Gasteiger charge is 2.10. The Morgan fingerprint density at radius 3 is 2.76 bits per heavy atom. The third kappa shape index (κ3) is 4.30. The highest BCUT2D eigenvalue weighted by atomic mass is 35.5. The number of hydrogen-bond donors (Lipinski definition) is 2. The van der Waals surface area contributed by atoms with Crippen molar-refractivity contribution in [3.63, 3.8) is 0 Å². The Morgan fingerprint density at radius 1 is 1.29 bits per heavy atom. The van der Waals surface area contributed by atoms with E-state index in [0.29, 0.717) is 21.4 Å². The van der Waals surface area contributed by atoms with Gasteiger partial charge in [-0.15, -0.1) is 11.8 Å². The standard InChI is InChI=1S/C15H14Cl2N2OS/c1-9-5-6-10(16)7-13(9)19-14(20)8-21-15-11(17)3-2-4-12(15)18/h2-7H,8,18H2,1H3,(H,19,20). The summed E-state index contributed by atoms with van der Waals surface area (Å²) in [7, 11) is 0. The van der Waals surface area contributed by atoms with Crippen molar-refractivity contribution in [2.75, 3.05) is 16.8 Å². The third-order valence-electron chi connectivity index (χ3n) is 2.82. The molecule has 0 aliphatic carbocycles. The van der Waals surface area contributed by atoms with Crippen LogP contribution in [0.3, 0.4) is 0 Å². The Morgan fingerprint density at radius 2 is 2.05 bits per heavy atom. The molecule has 0 spiro atoms. The zero-order valence-electron chi connectivity index (χ0n) is 11.3. The van der Waals surface area contributed by atoms with Crippen LogP contribution in [-0.4, -0.2) is 11.7 Å². The minimum atomic E-state index is -0.135. The molecular formula is C15H14Cl2N2OS. The lowest BCUT2D eigenvalue weighted by Gasteiger charge is -2.10. The Kier molecular flexibility index (Phi) is 5.39. The average molecular weight is 341 g/mol. The van der Waals surface area contributed by atoms with Gasteiger partial charge in [0.1, 0.15) is 0 Å². The molecule has 0 aromatic heterocycles. The molecule has 0 fully saturated rings. The molecule has 0 unspecified atom stereocenters. The van der Waals surface area contributed by atoms with Gasteiger partial charge in [0, 0.05) is 21.3 Å². The van der Waals surface area contributed by atoms with Crippen molar-refractivity contribution in [2.24, 2.45) is 0 Å². The van der Waals surface area contributed by atoms with Crippen molar-refractivity contribution in [2.45, 2.75) is 11.8 Å². The summed E-state index contributed by atoms with van der Waals surface area (Å²) in [6.45, 7) is 1.91. The number of carbonyl (C=O) groups is 1. The zero-order valence-corrected chi connectivity index (χ0v) is 13.6. The van der Waals surface area contributed by atoms with Crippen LogP contribution in [0.15, 0.2) is 41.3 Å². The first-order valence-electron chi connectivity index (χ1n) is 6.20. The van der Waals surface area contributed by atoms with E-state index < -0.39 is 0 Å². The summed E-state index contributed by atoms with van der Waals surface area (Å²) >= 11 is 13.3. The smallest absolute Gasteiger partial charge is 0.234 e. The summed E-state index contributed by atoms with van der Waals surface area (Å²) in [5, 5.41) is 3.96. The van der Waals surface area contributed by atoms with Gasteiger partial charge in [-0.2, -0.15) is 0 Å². The molecule has 0 saturated carbocycles. The summed E-state index contributed by atoms with van der Waals surface area (Å²) in [4.78, 5) is 12.7. The van der Waals surface area contributed by atoms with E-state index in [1.54, 1.807) is 30.3 Å². The topological polar surface area (TPSA) is 55.1 Å². The first-order valence-corrected chi connectivity index (χ1v) is 7.94. The quantitative estimate of drug-likeness (QED) is 0.630. The molecule has 0 heterocycles. The van der Waals surface area contributed by atoms with Crippen LogP contribution in [0.1, 0.15) is 5.56 Å². The van der Waals surface area contributed by atoms with Crippen LogP contribution >= 0.6 is 35.0 Å². The lowest BCUT2D eigenvalue weighted by Crippen LogP contribution is -2.15. The largest absolute Gasteiger partial charge is 0.398 e. The summed E-state index contributed by atoms with van der Waals surface area (Å²) < 4.78 is 0. The van der Waals surface area contributed by atoms with Crippen LogP contribution < -0.4 is 11.1 Å². The molecule has 0 aliphatic rings. The molecule has 2 rings (SSSR count). The van der Waals surface area contributed by atoms with Crippen LogP contribution in [0.2, 0.25) is 10.0 Å². The van der Waals surface area contributed by atoms with E-state index in [2.05, 4.69) is 5.32 Å². The van der Waals surface area contributed by atoms with Crippen LogP contribution in [0.4, 0.5) is 11.4 Å². The first-order chi connectivity index (χ1) is 9.97. The number of thioether (sulfide) groups is 1. The Bertz CT molecular complexity index is 656. The molecule has 0 atom stereocenters. The lowest BCUT2D eigenvalue weighted by molar-refractivity contribution is -0.113. The molecule has 1 amide bonds. The molecule has 3 nitrogen and oxygen atoms in total. The van der Waals surface area contributed by atoms with E-state index in [9.17, 15) is 4.79 Å². The number of benzene rings is 2. The van der Waals surface area contributed by atoms with E-state index in [1.165, 1.54) is 11.8 Å². The highest BCUT2D eigenvalue weighted by molar-refractivity contribution is 8.00. The number of hydrogen-bond acceptors (Lipinski definition) is 3. The Labute approximate surface area is 137 Å². The molecule has 0 saturated heterocycles. The molecule has 21 heavy (non-hydrogen) atoms. The van der Waals surface area contributed by atoms with Gasteiger partial charge in [-0.25, -0.2) is 0 Å². The fraction of sp³-hybridized carbons (Fsp3) is 0.133. The minimum Gasteiger partial charge on any atom is -0.398 e. The first kappa shape index (κ1) is 16.0. The molecule has 0 aliphatic heterocycles. The number of anilines is 2. The summed E-state index contributed by atoms with van der Waals surface area (Å²) in [5.41, 5.74) is 8.08. The Balaban J connectivity index is 2.01. The monoisotopic (exact) mass is 340 g/mol. The maximum Gasteiger partial charge on any atom is 0.234 e. The van der Waals surface area contributed by atoms with Crippen molar-refractivity contribution in [3.8, 4) is 0 Å². The van der Waals surface area contributed by atoms with Gasteiger partial charge >= 0.3 is 0 Å². The number of carbonyl (C=O) groups excluding carboxylic acids is 1. The van der Waals surface area contributed by atoms with Gasteiger partial charge in [-0.3, -0.25) is 4.79 Å². The number of amides is 1. The second-order valence-corrected chi connectivity index (χ2v) is 6.28. The molecule has 6 heteroatoms. The van der Waals surface area contributed by atoms with E-state index in [-0.39, 0.29) is 11.7 Å². The minimum absolute atomic E-state index is 0.135. The van der Waals surface area contributed by atoms with Crippen molar-refractivity contribution in [1.82, 2.24) is 0 Å². The molecule has 2 aromatic rings. The summed E-state index contributed by atoms with van der Waals surface area (Å²) in [6.07, 6.45) is 0. The zero-order chi connectivity index (χ0) is 15.4. The number of nitrogen functional groups attached to an aromatic ring is 1. The van der Waals surface area contributed by atoms with Crippen molar-refractivity contribution in [1.29, 1.82) is 0 Å². The van der Waals surface area contributed by atoms with Crippen molar-refractivity contribution in [3.05, 3.63) is 52.0 Å². The molecular weight excluding hydrogens is 327 g/mol. The van der Waals surface area contributed by atoms with Gasteiger partial charge in [0.05, 0.1) is 10.8 Å². The van der Waals surface area contributed by atoms with Gasteiger partial charge in [0.15, 0.2) is 0 Å². The van der Waals surface area contributed by atoms with Gasteiger partial charge in [0.25, 0.3) is 0 Å². The molecule has 0 radical (unpaired) electrons. The van der Waals surface area contributed by atoms with Crippen LogP contribution in [0.5, 0.6) is 0 Å². The summed E-state index contributed by atoms with van der Waals surface area (Å²) in [5.74, 6) is 0.0876. The van der Waals surface area contributed by atoms with Gasteiger partial charge < -0.3 is 11.1 Å². The molecule has 110 valence electrons. The maximum atomic E-state index is 12.0. The number of nitrogens with two attached hydrogens (primary N) is 1. The van der Waals surface area contributed by atoms with E-state index in [1.807, 2.05) is 13.0 Å². The lowest BCUT2D eigenvalue weighted by atomic mass is 10.2. The Hall–Kier alpha value is -1.36. The van der Waals surface area contributed by atoms with Crippen LogP contribution in [0.25, 0.3) is 0 Å². The number of rotatable bonds is 4. The molecule has 2 aromatic carbocycles. The maximum absolute atomic E-state index is 12.0. The number of halogens is 2. The van der Waals surface area contributed by atoms with Crippen LogP contribution in [-0.2, 0) is 4.79 Å². The van der Waals surface area contributed by atoms with Gasteiger partial charge in [-0.05, 0) is 36.8 Å². The SMILES string of the molecule is Cc1ccc(Cl)cc1NC(=O)CSc1c(N)cccc1Cl. The molecule has 0 bridgehead atoms. The second kappa shape index (κ2) is 7.07. The predicted octanol–water partition coefficient (Wildman–Crippen LogP) is 4.61. The van der Waals surface area contributed by atoms with Crippen molar-refractivity contribution >= 4 is 52.2 Å². The van der Waals surface area contributed by atoms with Gasteiger partial charge in [0.2, 0.25) is 5.91 Å². The number of nitrogens with one attached hydrogen (secondary N) is 1. The van der Waals surface area contributed by atoms with E-state index >= 15 is 0 Å². The number of aryl methyl sites for hydroxylation is 1. The van der Waals surface area contributed by atoms with Crippen molar-refractivity contribution < 1.29 is 4.79 Å². The highest BCUT2D eigenvalue weighted by Crippen LogP contribution is 2.32. The summed E-state index contributed by atoms with van der Waals surface area (Å²) in [6, 6.07) is 10.6. The predicted molar refractivity (Wildman–Crippen MR) is 91.4 cm³/mol. The fourth-order valence-corrected chi connectivity index (χ4v) is 3.04. The second-order valence-electron chi connectivity index (χ2n) is 4.45. The molecule has 3 N–H and O–H groups in total. The van der Waals surface area contributed by atoms with E-state index in [0.717, 1.165) is 10.5 Å². The fourth-order valence-electron chi connectivity index (χ4n) is 1.73. The van der Waals surface area contributed by atoms with E-state index in [4.69, 9.17) is 28.9 Å². The van der Waals surface area contributed by atoms with Crippen LogP contribution in [0, 0.1) is 6.92 Å². The third-order valence-corrected chi connectivity index (χ3v) is 4.63. The van der Waals surface area contributed by atoms with Gasteiger partial charge in [-0.1, -0.05) is 35.3 Å². The normalized spacial score (nSPS) is 10.4. The average Bonchev–Trinajstić information content (AvgIpc) is 2.42.